The van der Waals surface area contributed by atoms with Gasteiger partial charge in [0.2, 0.25) is 5.91 Å². The van der Waals surface area contributed by atoms with Crippen molar-refractivity contribution >= 4 is 23.4 Å². The van der Waals surface area contributed by atoms with Gasteiger partial charge >= 0.3 is 0 Å². The molecule has 2 amide bonds. The van der Waals surface area contributed by atoms with Gasteiger partial charge in [0.15, 0.2) is 6.61 Å². The fraction of sp³-hybridized carbons (Fsp3) is 0.391. The molecular weight excluding hydrogens is 388 g/mol. The van der Waals surface area contributed by atoms with Gasteiger partial charge in [-0.2, -0.15) is 0 Å². The van der Waals surface area contributed by atoms with E-state index in [1.165, 1.54) is 4.90 Å². The molecule has 156 valence electrons. The molecule has 0 aliphatic rings. The largest absolute Gasteiger partial charge is 0.484 e. The normalized spacial score (nSPS) is 11.6. The van der Waals surface area contributed by atoms with Gasteiger partial charge in [-0.05, 0) is 68.1 Å². The van der Waals surface area contributed by atoms with Crippen molar-refractivity contribution in [3.05, 3.63) is 64.2 Å². The Balaban J connectivity index is 2.13. The van der Waals surface area contributed by atoms with Gasteiger partial charge in [-0.3, -0.25) is 9.59 Å². The molecule has 1 atom stereocenters. The number of amides is 2. The third-order valence-electron chi connectivity index (χ3n) is 4.82. The molecule has 0 saturated carbocycles. The number of ether oxygens (including phenoxy) is 1. The maximum atomic E-state index is 13.0. The zero-order chi connectivity index (χ0) is 21.4. The van der Waals surface area contributed by atoms with Crippen molar-refractivity contribution in [2.75, 3.05) is 13.2 Å². The Kier molecular flexibility index (Phi) is 8.52. The summed E-state index contributed by atoms with van der Waals surface area (Å²) in [5, 5.41) is 3.48. The Morgan fingerprint density at radius 2 is 1.79 bits per heavy atom. The topological polar surface area (TPSA) is 58.6 Å². The third kappa shape index (κ3) is 6.79. The van der Waals surface area contributed by atoms with Crippen molar-refractivity contribution in [2.45, 2.75) is 46.7 Å². The number of hydrogen-bond donors (Lipinski definition) is 1. The van der Waals surface area contributed by atoms with E-state index in [4.69, 9.17) is 16.3 Å². The predicted molar refractivity (Wildman–Crippen MR) is 116 cm³/mol. The standard InChI is InChI=1S/C23H29ClN2O3/c1-5-12-25-23(28)18(4)26(14-19-7-9-20(24)10-8-19)22(27)15-29-21-11-6-16(2)17(3)13-21/h6-11,13,18H,5,12,14-15H2,1-4H3,(H,25,28)/t18-/m0/s1. The second-order valence-electron chi connectivity index (χ2n) is 7.15. The Labute approximate surface area is 178 Å². The molecule has 2 rings (SSSR count). The lowest BCUT2D eigenvalue weighted by Crippen LogP contribution is -2.49. The van der Waals surface area contributed by atoms with E-state index in [1.54, 1.807) is 19.1 Å². The summed E-state index contributed by atoms with van der Waals surface area (Å²) < 4.78 is 5.71. The highest BCUT2D eigenvalue weighted by atomic mass is 35.5. The Bertz CT molecular complexity index is 837. The van der Waals surface area contributed by atoms with Gasteiger partial charge in [0.1, 0.15) is 11.8 Å². The number of halogens is 1. The lowest BCUT2D eigenvalue weighted by molar-refractivity contribution is -0.142. The molecule has 6 heteroatoms. The van der Waals surface area contributed by atoms with E-state index < -0.39 is 6.04 Å². The van der Waals surface area contributed by atoms with Crippen LogP contribution in [0.15, 0.2) is 42.5 Å². The summed E-state index contributed by atoms with van der Waals surface area (Å²) in [4.78, 5) is 27.0. The highest BCUT2D eigenvalue weighted by Gasteiger charge is 2.26. The first-order valence-electron chi connectivity index (χ1n) is 9.83. The second-order valence-corrected chi connectivity index (χ2v) is 7.59. The molecule has 0 radical (unpaired) electrons. The van der Waals surface area contributed by atoms with Crippen molar-refractivity contribution in [1.29, 1.82) is 0 Å². The molecule has 5 nitrogen and oxygen atoms in total. The van der Waals surface area contributed by atoms with E-state index in [0.717, 1.165) is 23.1 Å². The van der Waals surface area contributed by atoms with Gasteiger partial charge in [0.25, 0.3) is 5.91 Å². The number of carbonyl (C=O) groups excluding carboxylic acids is 2. The Hall–Kier alpha value is -2.53. The van der Waals surface area contributed by atoms with Crippen LogP contribution in [0.1, 0.15) is 37.0 Å². The van der Waals surface area contributed by atoms with E-state index in [-0.39, 0.29) is 18.4 Å². The summed E-state index contributed by atoms with van der Waals surface area (Å²) >= 11 is 5.96. The van der Waals surface area contributed by atoms with Gasteiger partial charge < -0.3 is 15.0 Å². The van der Waals surface area contributed by atoms with Gasteiger partial charge in [-0.15, -0.1) is 0 Å². The molecule has 0 saturated heterocycles. The summed E-state index contributed by atoms with van der Waals surface area (Å²) in [7, 11) is 0. The molecule has 0 aromatic heterocycles. The van der Waals surface area contributed by atoms with Crippen molar-refractivity contribution in [1.82, 2.24) is 10.2 Å². The Morgan fingerprint density at radius 1 is 1.10 bits per heavy atom. The van der Waals surface area contributed by atoms with Crippen molar-refractivity contribution in [3.63, 3.8) is 0 Å². The highest BCUT2D eigenvalue weighted by molar-refractivity contribution is 6.30. The van der Waals surface area contributed by atoms with Crippen LogP contribution in [0.2, 0.25) is 5.02 Å². The monoisotopic (exact) mass is 416 g/mol. The molecule has 0 heterocycles. The zero-order valence-corrected chi connectivity index (χ0v) is 18.3. The third-order valence-corrected chi connectivity index (χ3v) is 5.08. The van der Waals surface area contributed by atoms with Gasteiger partial charge in [0, 0.05) is 18.1 Å². The summed E-state index contributed by atoms with van der Waals surface area (Å²) in [6.45, 7) is 8.47. The Morgan fingerprint density at radius 3 is 2.41 bits per heavy atom. The summed E-state index contributed by atoms with van der Waals surface area (Å²) in [6.07, 6.45) is 0.833. The van der Waals surface area contributed by atoms with Crippen molar-refractivity contribution in [2.24, 2.45) is 0 Å². The molecule has 29 heavy (non-hydrogen) atoms. The number of aryl methyl sites for hydroxylation is 2. The molecule has 2 aromatic rings. The average molecular weight is 417 g/mol. The van der Waals surface area contributed by atoms with Crippen LogP contribution < -0.4 is 10.1 Å². The predicted octanol–water partition coefficient (Wildman–Crippen LogP) is 4.28. The van der Waals surface area contributed by atoms with Crippen LogP contribution in [0, 0.1) is 13.8 Å². The van der Waals surface area contributed by atoms with Crippen LogP contribution in [0.5, 0.6) is 5.75 Å². The lowest BCUT2D eigenvalue weighted by Gasteiger charge is -2.28. The van der Waals surface area contributed by atoms with E-state index in [2.05, 4.69) is 5.32 Å². The molecule has 2 aromatic carbocycles. The van der Waals surface area contributed by atoms with Crippen LogP contribution in [0.4, 0.5) is 0 Å². The van der Waals surface area contributed by atoms with E-state index in [0.29, 0.717) is 23.9 Å². The smallest absolute Gasteiger partial charge is 0.261 e. The van der Waals surface area contributed by atoms with Crippen LogP contribution in [-0.4, -0.2) is 35.9 Å². The number of rotatable bonds is 9. The van der Waals surface area contributed by atoms with Crippen LogP contribution in [-0.2, 0) is 16.1 Å². The van der Waals surface area contributed by atoms with E-state index in [1.807, 2.05) is 51.1 Å². The van der Waals surface area contributed by atoms with E-state index >= 15 is 0 Å². The fourth-order valence-electron chi connectivity index (χ4n) is 2.80. The second kappa shape index (κ2) is 10.9. The van der Waals surface area contributed by atoms with Crippen LogP contribution in [0.25, 0.3) is 0 Å². The SMILES string of the molecule is CCCNC(=O)[C@H](C)N(Cc1ccc(Cl)cc1)C(=O)COc1ccc(C)c(C)c1. The fourth-order valence-corrected chi connectivity index (χ4v) is 2.92. The van der Waals surface area contributed by atoms with Crippen molar-refractivity contribution in [3.8, 4) is 5.75 Å². The highest BCUT2D eigenvalue weighted by Crippen LogP contribution is 2.18. The first kappa shape index (κ1) is 22.8. The number of nitrogens with one attached hydrogen (secondary N) is 1. The summed E-state index contributed by atoms with van der Waals surface area (Å²) in [5.74, 6) is 0.202. The van der Waals surface area contributed by atoms with Gasteiger partial charge in [-0.25, -0.2) is 0 Å². The minimum Gasteiger partial charge on any atom is -0.484 e. The molecular formula is C23H29ClN2O3. The minimum atomic E-state index is -0.618. The van der Waals surface area contributed by atoms with Crippen molar-refractivity contribution < 1.29 is 14.3 Å². The number of carbonyl (C=O) groups is 2. The number of hydrogen-bond acceptors (Lipinski definition) is 3. The summed E-state index contributed by atoms with van der Waals surface area (Å²) in [5.41, 5.74) is 3.15. The van der Waals surface area contributed by atoms with Crippen LogP contribution >= 0.6 is 11.6 Å². The average Bonchev–Trinajstić information content (AvgIpc) is 2.71. The molecule has 0 fully saturated rings. The lowest BCUT2D eigenvalue weighted by atomic mass is 10.1. The first-order valence-corrected chi connectivity index (χ1v) is 10.2. The molecule has 0 aliphatic heterocycles. The molecule has 1 N–H and O–H groups in total. The number of nitrogens with zero attached hydrogens (tertiary/aromatic N) is 1. The number of benzene rings is 2. The minimum absolute atomic E-state index is 0.137. The first-order chi connectivity index (χ1) is 13.8. The summed E-state index contributed by atoms with van der Waals surface area (Å²) in [6, 6.07) is 12.3. The molecule has 0 bridgehead atoms. The van der Waals surface area contributed by atoms with Gasteiger partial charge in [0.05, 0.1) is 0 Å². The molecule has 0 aliphatic carbocycles. The molecule has 0 spiro atoms. The van der Waals surface area contributed by atoms with Gasteiger partial charge in [-0.1, -0.05) is 36.7 Å². The quantitative estimate of drug-likeness (QED) is 0.663. The van der Waals surface area contributed by atoms with E-state index in [9.17, 15) is 9.59 Å². The molecule has 0 unspecified atom stereocenters. The zero-order valence-electron chi connectivity index (χ0n) is 17.5. The maximum absolute atomic E-state index is 13.0. The maximum Gasteiger partial charge on any atom is 0.261 e. The van der Waals surface area contributed by atoms with Crippen LogP contribution in [0.3, 0.4) is 0 Å².